The summed E-state index contributed by atoms with van der Waals surface area (Å²) in [6.45, 7) is 4.13. The van der Waals surface area contributed by atoms with Crippen molar-refractivity contribution in [2.75, 3.05) is 0 Å². The first-order chi connectivity index (χ1) is 12.1. The number of nitrogens with zero attached hydrogens (tertiary/aromatic N) is 3. The monoisotopic (exact) mass is 350 g/mol. The highest BCUT2D eigenvalue weighted by molar-refractivity contribution is 7.98. The fraction of sp³-hybridized carbons (Fsp3) is 0.211. The Morgan fingerprint density at radius 1 is 1.12 bits per heavy atom. The molecule has 0 saturated carbocycles. The molecule has 0 unspecified atom stereocenters. The zero-order valence-corrected chi connectivity index (χ0v) is 14.9. The zero-order valence-electron chi connectivity index (χ0n) is 14.1. The SMILES string of the molecule is CC(C)c1cc(=O)[nH]c2nnc(SCc3cccc4ccccc34)n12. The summed E-state index contributed by atoms with van der Waals surface area (Å²) in [5, 5.41) is 11.7. The van der Waals surface area contributed by atoms with E-state index in [0.717, 1.165) is 16.6 Å². The van der Waals surface area contributed by atoms with E-state index in [-0.39, 0.29) is 11.5 Å². The number of aromatic amines is 1. The number of fused-ring (bicyclic) bond motifs is 2. The van der Waals surface area contributed by atoms with Crippen molar-refractivity contribution in [3.63, 3.8) is 0 Å². The van der Waals surface area contributed by atoms with Crippen LogP contribution in [0.15, 0.2) is 58.5 Å². The van der Waals surface area contributed by atoms with Crippen LogP contribution in [0.5, 0.6) is 0 Å². The molecule has 25 heavy (non-hydrogen) atoms. The molecule has 0 aliphatic rings. The first-order valence-corrected chi connectivity index (χ1v) is 9.20. The van der Waals surface area contributed by atoms with Gasteiger partial charge in [-0.25, -0.2) is 0 Å². The number of hydrogen-bond donors (Lipinski definition) is 1. The van der Waals surface area contributed by atoms with Crippen LogP contribution in [0.2, 0.25) is 0 Å². The van der Waals surface area contributed by atoms with E-state index in [1.807, 2.05) is 4.40 Å². The van der Waals surface area contributed by atoms with Crippen molar-refractivity contribution in [3.05, 3.63) is 70.1 Å². The van der Waals surface area contributed by atoms with E-state index >= 15 is 0 Å². The fourth-order valence-electron chi connectivity index (χ4n) is 3.01. The van der Waals surface area contributed by atoms with E-state index in [0.29, 0.717) is 5.78 Å². The number of aromatic nitrogens is 4. The standard InChI is InChI=1S/C19H18N4OS/c1-12(2)16-10-17(24)20-18-21-22-19(23(16)18)25-11-14-8-5-7-13-6-3-4-9-15(13)14/h3-10,12H,11H2,1-2H3,(H,20,21,24). The Morgan fingerprint density at radius 2 is 1.92 bits per heavy atom. The Kier molecular flexibility index (Phi) is 4.05. The molecule has 0 amide bonds. The summed E-state index contributed by atoms with van der Waals surface area (Å²) in [7, 11) is 0. The van der Waals surface area contributed by atoms with Crippen molar-refractivity contribution in [1.29, 1.82) is 0 Å². The van der Waals surface area contributed by atoms with Gasteiger partial charge in [0.15, 0.2) is 5.16 Å². The molecule has 0 aliphatic carbocycles. The summed E-state index contributed by atoms with van der Waals surface area (Å²) in [6.07, 6.45) is 0. The van der Waals surface area contributed by atoms with Crippen LogP contribution in [0, 0.1) is 0 Å². The van der Waals surface area contributed by atoms with E-state index in [2.05, 4.69) is 71.5 Å². The lowest BCUT2D eigenvalue weighted by Gasteiger charge is -2.10. The second kappa shape index (κ2) is 6.37. The maximum absolute atomic E-state index is 11.8. The predicted octanol–water partition coefficient (Wildman–Crippen LogP) is 3.99. The minimum atomic E-state index is -0.144. The number of thioether (sulfide) groups is 1. The van der Waals surface area contributed by atoms with E-state index in [4.69, 9.17) is 0 Å². The molecule has 0 spiro atoms. The summed E-state index contributed by atoms with van der Waals surface area (Å²) in [5.41, 5.74) is 2.04. The van der Waals surface area contributed by atoms with Gasteiger partial charge in [-0.05, 0) is 22.3 Å². The van der Waals surface area contributed by atoms with Crippen LogP contribution in [0.1, 0.15) is 31.0 Å². The highest BCUT2D eigenvalue weighted by Gasteiger charge is 2.14. The van der Waals surface area contributed by atoms with Crippen molar-refractivity contribution >= 4 is 28.3 Å². The lowest BCUT2D eigenvalue weighted by molar-refractivity contribution is 0.754. The quantitative estimate of drug-likeness (QED) is 0.565. The summed E-state index contributed by atoms with van der Waals surface area (Å²) in [6, 6.07) is 16.4. The lowest BCUT2D eigenvalue weighted by Crippen LogP contribution is -2.12. The van der Waals surface area contributed by atoms with Gasteiger partial charge in [-0.1, -0.05) is 68.1 Å². The molecular formula is C19H18N4OS. The first-order valence-electron chi connectivity index (χ1n) is 8.21. The zero-order chi connectivity index (χ0) is 17.4. The van der Waals surface area contributed by atoms with Crippen LogP contribution in [0.4, 0.5) is 0 Å². The molecule has 0 atom stereocenters. The van der Waals surface area contributed by atoms with Crippen LogP contribution in [-0.4, -0.2) is 19.6 Å². The molecule has 5 nitrogen and oxygen atoms in total. The van der Waals surface area contributed by atoms with Crippen molar-refractivity contribution in [2.24, 2.45) is 0 Å². The molecule has 2 aromatic carbocycles. The third-order valence-electron chi connectivity index (χ3n) is 4.23. The predicted molar refractivity (Wildman–Crippen MR) is 101 cm³/mol. The number of H-pyrrole nitrogens is 1. The molecule has 1 N–H and O–H groups in total. The largest absolute Gasteiger partial charge is 0.291 e. The number of benzene rings is 2. The molecule has 0 fully saturated rings. The van der Waals surface area contributed by atoms with Crippen molar-refractivity contribution in [1.82, 2.24) is 19.6 Å². The minimum absolute atomic E-state index is 0.144. The van der Waals surface area contributed by atoms with Gasteiger partial charge in [0.05, 0.1) is 0 Å². The van der Waals surface area contributed by atoms with Crippen molar-refractivity contribution in [3.8, 4) is 0 Å². The van der Waals surface area contributed by atoms with Gasteiger partial charge in [0.25, 0.3) is 5.56 Å². The topological polar surface area (TPSA) is 63.0 Å². The van der Waals surface area contributed by atoms with Gasteiger partial charge < -0.3 is 0 Å². The second-order valence-electron chi connectivity index (χ2n) is 6.28. The van der Waals surface area contributed by atoms with Gasteiger partial charge in [0, 0.05) is 17.5 Å². The Morgan fingerprint density at radius 3 is 2.76 bits per heavy atom. The van der Waals surface area contributed by atoms with Crippen LogP contribution in [0.3, 0.4) is 0 Å². The summed E-state index contributed by atoms with van der Waals surface area (Å²) in [5.74, 6) is 1.49. The van der Waals surface area contributed by atoms with Gasteiger partial charge in [-0.3, -0.25) is 14.2 Å². The molecule has 126 valence electrons. The average molecular weight is 350 g/mol. The Hall–Kier alpha value is -2.60. The second-order valence-corrected chi connectivity index (χ2v) is 7.22. The molecule has 6 heteroatoms. The van der Waals surface area contributed by atoms with E-state index in [1.165, 1.54) is 16.3 Å². The smallest absolute Gasteiger partial charge is 0.252 e. The van der Waals surface area contributed by atoms with Gasteiger partial charge >= 0.3 is 0 Å². The summed E-state index contributed by atoms with van der Waals surface area (Å²) < 4.78 is 1.95. The molecule has 4 rings (SSSR count). The maximum Gasteiger partial charge on any atom is 0.252 e. The van der Waals surface area contributed by atoms with Gasteiger partial charge in [-0.2, -0.15) is 0 Å². The maximum atomic E-state index is 11.8. The average Bonchev–Trinajstić information content (AvgIpc) is 3.01. The highest BCUT2D eigenvalue weighted by atomic mass is 32.2. The van der Waals surface area contributed by atoms with Crippen LogP contribution >= 0.6 is 11.8 Å². The number of hydrogen-bond acceptors (Lipinski definition) is 4. The molecular weight excluding hydrogens is 332 g/mol. The number of rotatable bonds is 4. The molecule has 2 aromatic heterocycles. The summed E-state index contributed by atoms with van der Waals surface area (Å²) >= 11 is 1.63. The van der Waals surface area contributed by atoms with Crippen LogP contribution in [0.25, 0.3) is 16.6 Å². The molecule has 2 heterocycles. The van der Waals surface area contributed by atoms with E-state index in [9.17, 15) is 4.79 Å². The van der Waals surface area contributed by atoms with Gasteiger partial charge in [-0.15, -0.1) is 10.2 Å². The van der Waals surface area contributed by atoms with E-state index in [1.54, 1.807) is 17.8 Å². The summed E-state index contributed by atoms with van der Waals surface area (Å²) in [4.78, 5) is 14.6. The van der Waals surface area contributed by atoms with Crippen LogP contribution < -0.4 is 5.56 Å². The van der Waals surface area contributed by atoms with Crippen LogP contribution in [-0.2, 0) is 5.75 Å². The van der Waals surface area contributed by atoms with Gasteiger partial charge in [0.1, 0.15) is 0 Å². The van der Waals surface area contributed by atoms with Crippen molar-refractivity contribution < 1.29 is 0 Å². The molecule has 0 radical (unpaired) electrons. The first kappa shape index (κ1) is 15.9. The highest BCUT2D eigenvalue weighted by Crippen LogP contribution is 2.27. The number of nitrogens with one attached hydrogen (secondary N) is 1. The third kappa shape index (κ3) is 2.93. The molecule has 0 saturated heterocycles. The minimum Gasteiger partial charge on any atom is -0.291 e. The van der Waals surface area contributed by atoms with E-state index < -0.39 is 0 Å². The molecule has 0 bridgehead atoms. The molecule has 0 aliphatic heterocycles. The van der Waals surface area contributed by atoms with Gasteiger partial charge in [0.2, 0.25) is 5.78 Å². The molecule has 4 aromatic rings. The third-order valence-corrected chi connectivity index (χ3v) is 5.21. The Bertz CT molecular complexity index is 1110. The normalized spacial score (nSPS) is 11.6. The fourth-order valence-corrected chi connectivity index (χ4v) is 3.96. The Labute approximate surface area is 149 Å². The Balaban J connectivity index is 1.73. The van der Waals surface area contributed by atoms with Crippen molar-refractivity contribution in [2.45, 2.75) is 30.7 Å². The lowest BCUT2D eigenvalue weighted by atomic mass is 10.1.